The molecule has 14 nitrogen and oxygen atoms in total. The molecule has 6 heterocycles. The smallest absolute Gasteiger partial charge is 0.266 e. The summed E-state index contributed by atoms with van der Waals surface area (Å²) in [7, 11) is 0. The van der Waals surface area contributed by atoms with Gasteiger partial charge in [-0.05, 0) is 61.9 Å². The number of halogens is 2. The van der Waals surface area contributed by atoms with E-state index in [1.807, 2.05) is 19.1 Å². The van der Waals surface area contributed by atoms with Crippen LogP contribution >= 0.6 is 0 Å². The number of amides is 5. The summed E-state index contributed by atoms with van der Waals surface area (Å²) in [6.45, 7) is 2.02. The summed E-state index contributed by atoms with van der Waals surface area (Å²) in [4.78, 5) is 81.0. The molecule has 3 aromatic rings. The maximum absolute atomic E-state index is 14.1. The first kappa shape index (κ1) is 33.0. The van der Waals surface area contributed by atoms with Gasteiger partial charge in [0.05, 0.1) is 35.8 Å². The Bertz CT molecular complexity index is 1880. The van der Waals surface area contributed by atoms with Gasteiger partial charge in [0.15, 0.2) is 6.61 Å². The van der Waals surface area contributed by atoms with E-state index in [1.54, 1.807) is 22.2 Å². The number of carbonyl (C=O) groups excluding carboxylic acids is 5. The van der Waals surface area contributed by atoms with E-state index in [0.29, 0.717) is 43.4 Å². The van der Waals surface area contributed by atoms with Crippen LogP contribution in [-0.2, 0) is 14.4 Å². The van der Waals surface area contributed by atoms with E-state index in [2.05, 4.69) is 25.6 Å². The first-order chi connectivity index (χ1) is 24.0. The lowest BCUT2D eigenvalue weighted by Gasteiger charge is -2.33. The Morgan fingerprint density at radius 1 is 1.02 bits per heavy atom. The number of hydrogen-bond donors (Lipinski definition) is 2. The molecule has 50 heavy (non-hydrogen) atoms. The molecule has 1 unspecified atom stereocenters. The van der Waals surface area contributed by atoms with E-state index in [0.717, 1.165) is 16.2 Å². The zero-order chi connectivity index (χ0) is 35.2. The van der Waals surface area contributed by atoms with Crippen LogP contribution in [0.3, 0.4) is 0 Å². The van der Waals surface area contributed by atoms with Crippen molar-refractivity contribution in [3.05, 3.63) is 65.1 Å². The average Bonchev–Trinajstić information content (AvgIpc) is 3.60. The Hall–Kier alpha value is -5.54. The number of hydrogen-bond acceptors (Lipinski definition) is 11. The van der Waals surface area contributed by atoms with Gasteiger partial charge in [-0.2, -0.15) is 0 Å². The number of alkyl halides is 2. The number of nitrogens with zero attached hydrogens (tertiary/aromatic N) is 6. The average molecular weight is 689 g/mol. The van der Waals surface area contributed by atoms with Crippen molar-refractivity contribution in [1.29, 1.82) is 0 Å². The van der Waals surface area contributed by atoms with Gasteiger partial charge < -0.3 is 19.9 Å². The second-order valence-corrected chi connectivity index (χ2v) is 12.9. The quantitative estimate of drug-likeness (QED) is 0.334. The Labute approximate surface area is 285 Å². The number of fused-ring (bicyclic) bond motifs is 1. The van der Waals surface area contributed by atoms with Gasteiger partial charge in [-0.25, -0.2) is 18.7 Å². The number of piperidine rings is 2. The van der Waals surface area contributed by atoms with Crippen molar-refractivity contribution in [2.24, 2.45) is 0 Å². The molecule has 0 aliphatic carbocycles. The van der Waals surface area contributed by atoms with Crippen molar-refractivity contribution in [1.82, 2.24) is 30.1 Å². The summed E-state index contributed by atoms with van der Waals surface area (Å²) < 4.78 is 34.0. The molecule has 260 valence electrons. The Morgan fingerprint density at radius 3 is 2.52 bits per heavy atom. The number of ether oxygens (including phenoxy) is 1. The molecule has 0 bridgehead atoms. The van der Waals surface area contributed by atoms with Crippen molar-refractivity contribution in [2.75, 3.05) is 43.0 Å². The van der Waals surface area contributed by atoms with Crippen molar-refractivity contribution >= 4 is 47.0 Å². The molecule has 0 radical (unpaired) electrons. The highest BCUT2D eigenvalue weighted by atomic mass is 19.3. The van der Waals surface area contributed by atoms with Gasteiger partial charge in [-0.3, -0.25) is 39.2 Å². The van der Waals surface area contributed by atoms with Crippen LogP contribution < -0.4 is 20.3 Å². The monoisotopic (exact) mass is 688 g/mol. The van der Waals surface area contributed by atoms with Crippen LogP contribution in [-0.4, -0.2) is 99.0 Å². The number of rotatable bonds is 8. The Morgan fingerprint density at radius 2 is 1.82 bits per heavy atom. The van der Waals surface area contributed by atoms with E-state index in [4.69, 9.17) is 4.74 Å². The number of benzene rings is 1. The molecule has 4 aliphatic heterocycles. The first-order valence-electron chi connectivity index (χ1n) is 16.4. The minimum atomic E-state index is -2.79. The van der Waals surface area contributed by atoms with Gasteiger partial charge in [0.25, 0.3) is 23.6 Å². The van der Waals surface area contributed by atoms with E-state index < -0.39 is 42.1 Å². The standard InChI is InChI=1S/C34H34F2N8O6/c1-19-15-38-26(16-37-19)39-25-13-21(14-27(40-25)43-12-9-34(35,36)18-43)20-7-10-42(11-8-20)29(46)17-50-24-4-2-3-22-30(24)33(49)44(32(22)48)23-5-6-28(45)41-31(23)47/h2-4,13-16,20,23H,5-12,17-18H2,1H3,(H,38,39,40)(H,41,45,47). The largest absolute Gasteiger partial charge is 0.483 e. The number of carbonyl (C=O) groups is 5. The first-order valence-corrected chi connectivity index (χ1v) is 16.4. The van der Waals surface area contributed by atoms with Gasteiger partial charge in [0.1, 0.15) is 29.2 Å². The summed E-state index contributed by atoms with van der Waals surface area (Å²) in [6.07, 6.45) is 4.16. The number of aryl methyl sites for hydroxylation is 1. The van der Waals surface area contributed by atoms with E-state index in [1.165, 1.54) is 18.2 Å². The van der Waals surface area contributed by atoms with Gasteiger partial charge in [-0.1, -0.05) is 6.07 Å². The third-order valence-electron chi connectivity index (χ3n) is 9.46. The van der Waals surface area contributed by atoms with Crippen LogP contribution in [0.15, 0.2) is 42.7 Å². The molecule has 2 N–H and O–H groups in total. The topological polar surface area (TPSA) is 167 Å². The van der Waals surface area contributed by atoms with Crippen LogP contribution in [0.2, 0.25) is 0 Å². The fraction of sp³-hybridized carbons (Fsp3) is 0.412. The van der Waals surface area contributed by atoms with Crippen molar-refractivity contribution in [2.45, 2.75) is 56.9 Å². The van der Waals surface area contributed by atoms with Gasteiger partial charge in [0.2, 0.25) is 11.8 Å². The number of likely N-dealkylation sites (tertiary alicyclic amines) is 1. The number of imide groups is 2. The van der Waals surface area contributed by atoms with Crippen LogP contribution in [0.25, 0.3) is 0 Å². The lowest BCUT2D eigenvalue weighted by atomic mass is 9.89. The highest BCUT2D eigenvalue weighted by molar-refractivity contribution is 6.24. The zero-order valence-electron chi connectivity index (χ0n) is 27.2. The number of nitrogens with one attached hydrogen (secondary N) is 2. The number of pyridine rings is 1. The highest BCUT2D eigenvalue weighted by Gasteiger charge is 2.46. The molecular weight excluding hydrogens is 654 g/mol. The summed E-state index contributed by atoms with van der Waals surface area (Å²) >= 11 is 0. The molecule has 5 amide bonds. The minimum absolute atomic E-state index is 0.00127. The third kappa shape index (κ3) is 6.56. The SMILES string of the molecule is Cc1cnc(Nc2cc(C3CCN(C(=O)COc4cccc5c4C(=O)N(C4CCC(=O)NC4=O)C5=O)CC3)cc(N3CCC(F)(F)C3)n2)cn1. The molecular formula is C34H34F2N8O6. The lowest BCUT2D eigenvalue weighted by Crippen LogP contribution is -2.54. The second-order valence-electron chi connectivity index (χ2n) is 12.9. The van der Waals surface area contributed by atoms with Gasteiger partial charge >= 0.3 is 0 Å². The summed E-state index contributed by atoms with van der Waals surface area (Å²) in [5.74, 6) is -4.24. The van der Waals surface area contributed by atoms with Crippen molar-refractivity contribution in [3.8, 4) is 5.75 Å². The van der Waals surface area contributed by atoms with Crippen LogP contribution in [0.5, 0.6) is 5.75 Å². The summed E-state index contributed by atoms with van der Waals surface area (Å²) in [5.41, 5.74) is 1.68. The van der Waals surface area contributed by atoms with Crippen LogP contribution in [0, 0.1) is 6.92 Å². The minimum Gasteiger partial charge on any atom is -0.483 e. The highest BCUT2D eigenvalue weighted by Crippen LogP contribution is 2.36. The summed E-state index contributed by atoms with van der Waals surface area (Å²) in [5, 5.41) is 5.31. The molecule has 3 saturated heterocycles. The fourth-order valence-electron chi connectivity index (χ4n) is 6.82. The Balaban J connectivity index is 1.01. The van der Waals surface area contributed by atoms with Crippen LogP contribution in [0.4, 0.5) is 26.2 Å². The zero-order valence-corrected chi connectivity index (χ0v) is 27.2. The predicted octanol–water partition coefficient (Wildman–Crippen LogP) is 2.96. The lowest BCUT2D eigenvalue weighted by molar-refractivity contribution is -0.136. The van der Waals surface area contributed by atoms with E-state index in [-0.39, 0.29) is 61.1 Å². The molecule has 0 spiro atoms. The van der Waals surface area contributed by atoms with Crippen molar-refractivity contribution in [3.63, 3.8) is 0 Å². The second kappa shape index (κ2) is 13.1. The molecule has 2 aromatic heterocycles. The maximum atomic E-state index is 14.1. The molecule has 7 rings (SSSR count). The molecule has 1 aromatic carbocycles. The fourth-order valence-corrected chi connectivity index (χ4v) is 6.82. The molecule has 0 saturated carbocycles. The van der Waals surface area contributed by atoms with Crippen molar-refractivity contribution < 1.29 is 37.5 Å². The van der Waals surface area contributed by atoms with E-state index >= 15 is 0 Å². The normalized spacial score (nSPS) is 20.6. The molecule has 4 aliphatic rings. The predicted molar refractivity (Wildman–Crippen MR) is 173 cm³/mol. The molecule has 1 atom stereocenters. The number of anilines is 3. The molecule has 3 fully saturated rings. The van der Waals surface area contributed by atoms with Gasteiger partial charge in [-0.15, -0.1) is 0 Å². The van der Waals surface area contributed by atoms with Gasteiger partial charge in [0, 0.05) is 32.5 Å². The summed E-state index contributed by atoms with van der Waals surface area (Å²) in [6, 6.07) is 7.07. The Kier molecular flexibility index (Phi) is 8.61. The van der Waals surface area contributed by atoms with Crippen LogP contribution in [0.1, 0.15) is 70.0 Å². The molecule has 16 heteroatoms. The van der Waals surface area contributed by atoms with E-state index in [9.17, 15) is 32.8 Å². The third-order valence-corrected chi connectivity index (χ3v) is 9.46. The number of aromatic nitrogens is 3. The maximum Gasteiger partial charge on any atom is 0.266 e.